The van der Waals surface area contributed by atoms with Crippen LogP contribution in [0, 0.1) is 0 Å². The Morgan fingerprint density at radius 2 is 2.14 bits per heavy atom. The second-order valence-electron chi connectivity index (χ2n) is 5.30. The molecule has 120 valence electrons. The summed E-state index contributed by atoms with van der Waals surface area (Å²) in [6.45, 7) is 7.32. The van der Waals surface area contributed by atoms with Crippen molar-refractivity contribution in [2.75, 3.05) is 39.6 Å². The zero-order valence-electron chi connectivity index (χ0n) is 13.4. The van der Waals surface area contributed by atoms with Crippen LogP contribution in [-0.2, 0) is 11.2 Å². The van der Waals surface area contributed by atoms with Crippen LogP contribution < -0.4 is 10.6 Å². The Morgan fingerprint density at radius 1 is 1.38 bits per heavy atom. The zero-order valence-corrected chi connectivity index (χ0v) is 14.3. The average Bonchev–Trinajstić information content (AvgIpc) is 2.98. The van der Waals surface area contributed by atoms with E-state index in [4.69, 9.17) is 9.15 Å². The number of methoxy groups -OCH3 is 1. The fraction of sp³-hybridized carbons (Fsp3) is 0.667. The molecule has 0 amide bonds. The van der Waals surface area contributed by atoms with Gasteiger partial charge in [-0.15, -0.1) is 0 Å². The minimum Gasteiger partial charge on any atom is -0.469 e. The summed E-state index contributed by atoms with van der Waals surface area (Å²) in [4.78, 5) is 4.64. The van der Waals surface area contributed by atoms with Gasteiger partial charge in [-0.05, 0) is 32.2 Å². The smallest absolute Gasteiger partial charge is 0.191 e. The van der Waals surface area contributed by atoms with Gasteiger partial charge in [0.05, 0.1) is 19.4 Å². The molecule has 2 N–H and O–H groups in total. The van der Waals surface area contributed by atoms with Crippen molar-refractivity contribution < 1.29 is 9.15 Å². The summed E-state index contributed by atoms with van der Waals surface area (Å²) in [7, 11) is 1.69. The molecular weight excluding hydrogens is 286 g/mol. The van der Waals surface area contributed by atoms with Gasteiger partial charge in [-0.2, -0.15) is 11.8 Å². The summed E-state index contributed by atoms with van der Waals surface area (Å²) in [6.07, 6.45) is 4.64. The largest absolute Gasteiger partial charge is 0.469 e. The van der Waals surface area contributed by atoms with Gasteiger partial charge >= 0.3 is 0 Å². The topological polar surface area (TPSA) is 58.8 Å². The van der Waals surface area contributed by atoms with Crippen LogP contribution in [0.15, 0.2) is 27.8 Å². The molecule has 21 heavy (non-hydrogen) atoms. The molecule has 1 aromatic rings. The Balaban J connectivity index is 2.44. The van der Waals surface area contributed by atoms with Gasteiger partial charge in [-0.1, -0.05) is 0 Å². The van der Waals surface area contributed by atoms with E-state index in [1.165, 1.54) is 0 Å². The van der Waals surface area contributed by atoms with E-state index in [2.05, 4.69) is 35.7 Å². The van der Waals surface area contributed by atoms with Crippen LogP contribution in [0.2, 0.25) is 0 Å². The molecule has 1 rings (SSSR count). The van der Waals surface area contributed by atoms with Crippen LogP contribution in [0.4, 0.5) is 0 Å². The number of aliphatic imine (C=N–C) groups is 1. The fourth-order valence-corrected chi connectivity index (χ4v) is 1.73. The summed E-state index contributed by atoms with van der Waals surface area (Å²) in [5.41, 5.74) is 0. The molecule has 0 saturated carbocycles. The monoisotopic (exact) mass is 313 g/mol. The van der Waals surface area contributed by atoms with Crippen LogP contribution in [0.3, 0.4) is 0 Å². The molecule has 0 spiro atoms. The van der Waals surface area contributed by atoms with Gasteiger partial charge in [0.25, 0.3) is 0 Å². The van der Waals surface area contributed by atoms with Gasteiger partial charge in [0.2, 0.25) is 0 Å². The molecule has 0 unspecified atom stereocenters. The number of guanidine groups is 1. The van der Waals surface area contributed by atoms with E-state index in [9.17, 15) is 0 Å². The first-order chi connectivity index (χ1) is 10.1. The average molecular weight is 313 g/mol. The van der Waals surface area contributed by atoms with Gasteiger partial charge in [-0.25, -0.2) is 0 Å². The van der Waals surface area contributed by atoms with Crippen molar-refractivity contribution in [2.24, 2.45) is 4.99 Å². The number of hydrogen-bond acceptors (Lipinski definition) is 4. The van der Waals surface area contributed by atoms with Crippen LogP contribution in [-0.4, -0.2) is 50.3 Å². The molecule has 0 aliphatic rings. The van der Waals surface area contributed by atoms with Crippen molar-refractivity contribution in [2.45, 2.75) is 25.0 Å². The molecule has 1 heterocycles. The van der Waals surface area contributed by atoms with Gasteiger partial charge in [0.15, 0.2) is 5.96 Å². The predicted octanol–water partition coefficient (Wildman–Crippen LogP) is 2.15. The molecule has 0 atom stereocenters. The van der Waals surface area contributed by atoms with Crippen LogP contribution in [0.25, 0.3) is 0 Å². The predicted molar refractivity (Wildman–Crippen MR) is 90.2 cm³/mol. The summed E-state index contributed by atoms with van der Waals surface area (Å²) < 4.78 is 10.5. The Bertz CT molecular complexity index is 405. The number of rotatable bonds is 9. The van der Waals surface area contributed by atoms with E-state index in [1.54, 1.807) is 13.4 Å². The SMILES string of the molecule is COCCNC(=NCC(C)(C)SC)NCCc1ccco1. The van der Waals surface area contributed by atoms with Crippen molar-refractivity contribution in [3.05, 3.63) is 24.2 Å². The standard InChI is InChI=1S/C15H27N3O2S/c1-15(2,21-4)12-18-14(17-9-11-19-3)16-8-7-13-6-5-10-20-13/h5-6,10H,7-9,11-12H2,1-4H3,(H2,16,17,18). The quantitative estimate of drug-likeness (QED) is 0.415. The third-order valence-corrected chi connectivity index (χ3v) is 4.25. The van der Waals surface area contributed by atoms with Crippen molar-refractivity contribution >= 4 is 17.7 Å². The van der Waals surface area contributed by atoms with E-state index in [-0.39, 0.29) is 4.75 Å². The van der Waals surface area contributed by atoms with E-state index >= 15 is 0 Å². The van der Waals surface area contributed by atoms with Crippen LogP contribution >= 0.6 is 11.8 Å². The number of nitrogens with one attached hydrogen (secondary N) is 2. The lowest BCUT2D eigenvalue weighted by atomic mass is 10.2. The van der Waals surface area contributed by atoms with E-state index in [0.29, 0.717) is 6.61 Å². The number of ether oxygens (including phenoxy) is 1. The Labute approximate surface area is 131 Å². The van der Waals surface area contributed by atoms with Crippen molar-refractivity contribution in [1.82, 2.24) is 10.6 Å². The first kappa shape index (κ1) is 17.9. The molecule has 0 bridgehead atoms. The lowest BCUT2D eigenvalue weighted by molar-refractivity contribution is 0.203. The lowest BCUT2D eigenvalue weighted by Crippen LogP contribution is -2.40. The van der Waals surface area contributed by atoms with Gasteiger partial charge in [0, 0.05) is 31.4 Å². The molecule has 0 aromatic carbocycles. The molecule has 0 fully saturated rings. The number of thioether (sulfide) groups is 1. The van der Waals surface area contributed by atoms with Crippen molar-refractivity contribution in [1.29, 1.82) is 0 Å². The van der Waals surface area contributed by atoms with E-state index < -0.39 is 0 Å². The number of furan rings is 1. The van der Waals surface area contributed by atoms with Gasteiger partial charge in [0.1, 0.15) is 5.76 Å². The van der Waals surface area contributed by atoms with Gasteiger partial charge < -0.3 is 19.8 Å². The molecule has 0 radical (unpaired) electrons. The van der Waals surface area contributed by atoms with E-state index in [1.807, 2.05) is 23.9 Å². The molecule has 0 saturated heterocycles. The molecule has 1 aromatic heterocycles. The summed E-state index contributed by atoms with van der Waals surface area (Å²) in [6, 6.07) is 3.88. The summed E-state index contributed by atoms with van der Waals surface area (Å²) >= 11 is 1.82. The second kappa shape index (κ2) is 9.73. The van der Waals surface area contributed by atoms with Crippen LogP contribution in [0.5, 0.6) is 0 Å². The normalized spacial score (nSPS) is 12.5. The van der Waals surface area contributed by atoms with E-state index in [0.717, 1.165) is 37.8 Å². The highest BCUT2D eigenvalue weighted by molar-refractivity contribution is 7.99. The van der Waals surface area contributed by atoms with Crippen molar-refractivity contribution in [3.8, 4) is 0 Å². The minimum atomic E-state index is 0.136. The second-order valence-corrected chi connectivity index (χ2v) is 6.82. The molecule has 5 nitrogen and oxygen atoms in total. The zero-order chi connectivity index (χ0) is 15.6. The van der Waals surface area contributed by atoms with Crippen molar-refractivity contribution in [3.63, 3.8) is 0 Å². The minimum absolute atomic E-state index is 0.136. The Kier molecular flexibility index (Phi) is 8.30. The highest BCUT2D eigenvalue weighted by Gasteiger charge is 2.15. The summed E-state index contributed by atoms with van der Waals surface area (Å²) in [5, 5.41) is 6.60. The highest BCUT2D eigenvalue weighted by atomic mass is 32.2. The molecular formula is C15H27N3O2S. The van der Waals surface area contributed by atoms with Crippen LogP contribution in [0.1, 0.15) is 19.6 Å². The third-order valence-electron chi connectivity index (χ3n) is 3.01. The Hall–Kier alpha value is -1.14. The Morgan fingerprint density at radius 3 is 2.76 bits per heavy atom. The number of nitrogens with zero attached hydrogens (tertiary/aromatic N) is 1. The fourth-order valence-electron chi connectivity index (χ4n) is 1.54. The highest BCUT2D eigenvalue weighted by Crippen LogP contribution is 2.20. The molecule has 6 heteroatoms. The first-order valence-corrected chi connectivity index (χ1v) is 8.38. The maximum absolute atomic E-state index is 5.32. The maximum atomic E-state index is 5.32. The summed E-state index contributed by atoms with van der Waals surface area (Å²) in [5.74, 6) is 1.80. The lowest BCUT2D eigenvalue weighted by Gasteiger charge is -2.20. The first-order valence-electron chi connectivity index (χ1n) is 7.16. The van der Waals surface area contributed by atoms with Gasteiger partial charge in [-0.3, -0.25) is 4.99 Å². The molecule has 0 aliphatic carbocycles. The third kappa shape index (κ3) is 8.02. The molecule has 0 aliphatic heterocycles. The number of hydrogen-bond donors (Lipinski definition) is 2. The maximum Gasteiger partial charge on any atom is 0.191 e.